The third kappa shape index (κ3) is 2.39. The Bertz CT molecular complexity index is 590. The van der Waals surface area contributed by atoms with Crippen LogP contribution in [0.2, 0.25) is 0 Å². The van der Waals surface area contributed by atoms with E-state index in [0.717, 1.165) is 17.0 Å². The molecule has 0 saturated carbocycles. The molecule has 4 nitrogen and oxygen atoms in total. The van der Waals surface area contributed by atoms with Crippen molar-refractivity contribution in [2.75, 3.05) is 7.11 Å². The molecular weight excluding hydrogens is 284 g/mol. The molecule has 0 unspecified atom stereocenters. The molecule has 0 aliphatic rings. The molecule has 0 radical (unpaired) electrons. The van der Waals surface area contributed by atoms with Gasteiger partial charge in [0.05, 0.1) is 11.6 Å². The van der Waals surface area contributed by atoms with Crippen LogP contribution in [0.5, 0.6) is 5.75 Å². The number of nitrogens with zero attached hydrogens (tertiary/aromatic N) is 2. The second kappa shape index (κ2) is 4.71. The Hall–Kier alpha value is -1.62. The van der Waals surface area contributed by atoms with Crippen molar-refractivity contribution in [1.82, 2.24) is 9.78 Å². The van der Waals surface area contributed by atoms with Crippen molar-refractivity contribution in [3.8, 4) is 17.0 Å². The van der Waals surface area contributed by atoms with E-state index in [2.05, 4.69) is 21.0 Å². The normalized spacial score (nSPS) is 10.3. The molecule has 0 aliphatic heterocycles. The molecule has 0 spiro atoms. The van der Waals surface area contributed by atoms with Crippen LogP contribution in [0.3, 0.4) is 0 Å². The number of benzene rings is 1. The van der Waals surface area contributed by atoms with E-state index < -0.39 is 0 Å². The average molecular weight is 295 g/mol. The molecule has 0 bridgehead atoms. The smallest absolute Gasteiger partial charge is 0.267 e. The van der Waals surface area contributed by atoms with Crippen LogP contribution in [0.15, 0.2) is 39.6 Å². The van der Waals surface area contributed by atoms with Crippen molar-refractivity contribution < 1.29 is 4.74 Å². The van der Waals surface area contributed by atoms with Crippen molar-refractivity contribution in [1.29, 1.82) is 0 Å². The Morgan fingerprint density at radius 2 is 1.94 bits per heavy atom. The summed E-state index contributed by atoms with van der Waals surface area (Å²) in [4.78, 5) is 11.4. The third-order valence-electron chi connectivity index (χ3n) is 2.41. The second-order valence-electron chi connectivity index (χ2n) is 3.53. The van der Waals surface area contributed by atoms with Crippen molar-refractivity contribution in [2.45, 2.75) is 0 Å². The lowest BCUT2D eigenvalue weighted by atomic mass is 10.1. The first-order chi connectivity index (χ1) is 8.11. The molecule has 0 atom stereocenters. The fraction of sp³-hybridized carbons (Fsp3) is 0.167. The van der Waals surface area contributed by atoms with Crippen LogP contribution in [0.25, 0.3) is 11.3 Å². The van der Waals surface area contributed by atoms with Gasteiger partial charge in [-0.2, -0.15) is 5.10 Å². The summed E-state index contributed by atoms with van der Waals surface area (Å²) in [6.07, 6.45) is 0. The van der Waals surface area contributed by atoms with Gasteiger partial charge >= 0.3 is 0 Å². The summed E-state index contributed by atoms with van der Waals surface area (Å²) in [5.74, 6) is 0.787. The zero-order chi connectivity index (χ0) is 12.4. The van der Waals surface area contributed by atoms with Gasteiger partial charge in [-0.15, -0.1) is 0 Å². The highest BCUT2D eigenvalue weighted by Gasteiger charge is 2.07. The molecule has 5 heteroatoms. The van der Waals surface area contributed by atoms with Crippen LogP contribution in [-0.4, -0.2) is 16.9 Å². The molecule has 2 aromatic rings. The standard InChI is InChI=1S/C12H11BrN2O2/c1-15-11(16)7-10(13)12(14-15)8-3-5-9(17-2)6-4-8/h3-7H,1-2H3. The van der Waals surface area contributed by atoms with E-state index in [0.29, 0.717) is 4.47 Å². The minimum atomic E-state index is -0.144. The van der Waals surface area contributed by atoms with Crippen LogP contribution in [0.4, 0.5) is 0 Å². The summed E-state index contributed by atoms with van der Waals surface area (Å²) in [6, 6.07) is 9.02. The molecule has 0 saturated heterocycles. The van der Waals surface area contributed by atoms with Crippen molar-refractivity contribution in [3.05, 3.63) is 45.2 Å². The summed E-state index contributed by atoms with van der Waals surface area (Å²) in [5, 5.41) is 4.21. The maximum absolute atomic E-state index is 11.4. The quantitative estimate of drug-likeness (QED) is 0.853. The van der Waals surface area contributed by atoms with E-state index in [1.54, 1.807) is 14.2 Å². The Morgan fingerprint density at radius 3 is 2.53 bits per heavy atom. The lowest BCUT2D eigenvalue weighted by Gasteiger charge is -2.06. The van der Waals surface area contributed by atoms with Crippen LogP contribution < -0.4 is 10.3 Å². The number of hydrogen-bond acceptors (Lipinski definition) is 3. The summed E-state index contributed by atoms with van der Waals surface area (Å²) in [5.41, 5.74) is 1.51. The van der Waals surface area contributed by atoms with Gasteiger partial charge in [0.2, 0.25) is 0 Å². The van der Waals surface area contributed by atoms with Crippen LogP contribution in [-0.2, 0) is 7.05 Å². The highest BCUT2D eigenvalue weighted by Crippen LogP contribution is 2.25. The Kier molecular flexibility index (Phi) is 3.28. The van der Waals surface area contributed by atoms with E-state index in [1.165, 1.54) is 10.7 Å². The van der Waals surface area contributed by atoms with Gasteiger partial charge in [-0.1, -0.05) is 0 Å². The van der Waals surface area contributed by atoms with E-state index in [1.807, 2.05) is 24.3 Å². The van der Waals surface area contributed by atoms with Crippen LogP contribution in [0, 0.1) is 0 Å². The summed E-state index contributed by atoms with van der Waals surface area (Å²) >= 11 is 3.35. The van der Waals surface area contributed by atoms with Gasteiger partial charge in [-0.3, -0.25) is 4.79 Å². The SMILES string of the molecule is COc1ccc(-c2nn(C)c(=O)cc2Br)cc1. The fourth-order valence-electron chi connectivity index (χ4n) is 1.46. The minimum Gasteiger partial charge on any atom is -0.497 e. The maximum atomic E-state index is 11.4. The maximum Gasteiger partial charge on any atom is 0.267 e. The molecule has 1 aromatic carbocycles. The molecule has 0 N–H and O–H groups in total. The highest BCUT2D eigenvalue weighted by molar-refractivity contribution is 9.10. The number of ether oxygens (including phenoxy) is 1. The third-order valence-corrected chi connectivity index (χ3v) is 3.01. The average Bonchev–Trinajstić information content (AvgIpc) is 2.34. The predicted molar refractivity (Wildman–Crippen MR) is 69.2 cm³/mol. The van der Waals surface area contributed by atoms with Gasteiger partial charge in [0, 0.05) is 18.7 Å². The summed E-state index contributed by atoms with van der Waals surface area (Å²) in [7, 11) is 3.25. The fourth-order valence-corrected chi connectivity index (χ4v) is 1.97. The van der Waals surface area contributed by atoms with Crippen molar-refractivity contribution in [2.24, 2.45) is 7.05 Å². The Balaban J connectivity index is 2.52. The topological polar surface area (TPSA) is 44.1 Å². The lowest BCUT2D eigenvalue weighted by molar-refractivity contribution is 0.415. The Morgan fingerprint density at radius 1 is 1.29 bits per heavy atom. The van der Waals surface area contributed by atoms with Gasteiger partial charge in [0.1, 0.15) is 11.4 Å². The molecule has 0 aliphatic carbocycles. The zero-order valence-corrected chi connectivity index (χ0v) is 11.1. The molecule has 2 rings (SSSR count). The predicted octanol–water partition coefficient (Wildman–Crippen LogP) is 2.22. The second-order valence-corrected chi connectivity index (χ2v) is 4.39. The van der Waals surface area contributed by atoms with Gasteiger partial charge in [0.25, 0.3) is 5.56 Å². The number of hydrogen-bond donors (Lipinski definition) is 0. The molecule has 88 valence electrons. The Labute approximate surface area is 107 Å². The van der Waals surface area contributed by atoms with Gasteiger partial charge in [-0.25, -0.2) is 4.68 Å². The van der Waals surface area contributed by atoms with Gasteiger partial charge < -0.3 is 4.74 Å². The zero-order valence-electron chi connectivity index (χ0n) is 9.48. The molecule has 0 fully saturated rings. The molecule has 17 heavy (non-hydrogen) atoms. The van der Waals surface area contributed by atoms with E-state index in [9.17, 15) is 4.79 Å². The van der Waals surface area contributed by atoms with Crippen molar-refractivity contribution >= 4 is 15.9 Å². The number of halogens is 1. The van der Waals surface area contributed by atoms with Crippen molar-refractivity contribution in [3.63, 3.8) is 0 Å². The molecule has 1 heterocycles. The first-order valence-electron chi connectivity index (χ1n) is 5.00. The van der Waals surface area contributed by atoms with E-state index >= 15 is 0 Å². The molecule has 1 aromatic heterocycles. The monoisotopic (exact) mass is 294 g/mol. The van der Waals surface area contributed by atoms with Gasteiger partial charge in [0.15, 0.2) is 0 Å². The number of methoxy groups -OCH3 is 1. The first-order valence-corrected chi connectivity index (χ1v) is 5.79. The highest BCUT2D eigenvalue weighted by atomic mass is 79.9. The number of rotatable bonds is 2. The minimum absolute atomic E-state index is 0.144. The largest absolute Gasteiger partial charge is 0.497 e. The summed E-state index contributed by atoms with van der Waals surface area (Å²) < 4.78 is 7.09. The van der Waals surface area contributed by atoms with Gasteiger partial charge in [-0.05, 0) is 40.2 Å². The number of aromatic nitrogens is 2. The molecular formula is C12H11BrN2O2. The summed E-state index contributed by atoms with van der Waals surface area (Å²) in [6.45, 7) is 0. The van der Waals surface area contributed by atoms with E-state index in [4.69, 9.17) is 4.74 Å². The molecule has 0 amide bonds. The number of aryl methyl sites for hydroxylation is 1. The van der Waals surface area contributed by atoms with E-state index in [-0.39, 0.29) is 5.56 Å². The first kappa shape index (κ1) is 11.9. The lowest BCUT2D eigenvalue weighted by Crippen LogP contribution is -2.19. The van der Waals surface area contributed by atoms with Crippen LogP contribution >= 0.6 is 15.9 Å². The van der Waals surface area contributed by atoms with Crippen LogP contribution in [0.1, 0.15) is 0 Å².